The van der Waals surface area contributed by atoms with Gasteiger partial charge in [-0.2, -0.15) is 8.78 Å². The second-order valence-corrected chi connectivity index (χ2v) is 7.68. The molecule has 1 aliphatic rings. The first-order valence-electron chi connectivity index (χ1n) is 10.2. The number of halogens is 2. The van der Waals surface area contributed by atoms with Gasteiger partial charge in [-0.1, -0.05) is 43.7 Å². The maximum atomic E-state index is 14.7. The van der Waals surface area contributed by atoms with E-state index in [2.05, 4.69) is 0 Å². The van der Waals surface area contributed by atoms with Gasteiger partial charge in [0.2, 0.25) is 0 Å². The van der Waals surface area contributed by atoms with Crippen LogP contribution >= 0.6 is 0 Å². The van der Waals surface area contributed by atoms with Crippen LogP contribution in [0.15, 0.2) is 48.5 Å². The van der Waals surface area contributed by atoms with Crippen LogP contribution in [-0.4, -0.2) is 37.9 Å². The van der Waals surface area contributed by atoms with E-state index in [1.54, 1.807) is 12.1 Å². The second kappa shape index (κ2) is 7.72. The molecule has 7 heteroatoms. The molecule has 5 nitrogen and oxygen atoms in total. The quantitative estimate of drug-likeness (QED) is 0.398. The van der Waals surface area contributed by atoms with Gasteiger partial charge in [-0.25, -0.2) is 4.79 Å². The van der Waals surface area contributed by atoms with Crippen molar-refractivity contribution in [2.45, 2.75) is 25.9 Å². The van der Waals surface area contributed by atoms with Crippen molar-refractivity contribution >= 4 is 28.1 Å². The molecule has 3 aromatic rings. The number of ether oxygens (including phenoxy) is 1. The largest absolute Gasteiger partial charge is 0.493 e. The van der Waals surface area contributed by atoms with Gasteiger partial charge in [-0.15, -0.1) is 0 Å². The van der Waals surface area contributed by atoms with Crippen LogP contribution in [0.1, 0.15) is 30.1 Å². The molecule has 0 fully saturated rings. The van der Waals surface area contributed by atoms with E-state index in [1.807, 2.05) is 37.3 Å². The van der Waals surface area contributed by atoms with Gasteiger partial charge in [0.15, 0.2) is 0 Å². The lowest BCUT2D eigenvalue weighted by molar-refractivity contribution is 0.0122. The van der Waals surface area contributed by atoms with Gasteiger partial charge in [0.1, 0.15) is 5.75 Å². The fourth-order valence-electron chi connectivity index (χ4n) is 4.00. The van der Waals surface area contributed by atoms with Crippen molar-refractivity contribution in [1.29, 1.82) is 0 Å². The highest BCUT2D eigenvalue weighted by Crippen LogP contribution is 2.50. The van der Waals surface area contributed by atoms with E-state index in [1.165, 1.54) is 20.2 Å². The Morgan fingerprint density at radius 1 is 1.03 bits per heavy atom. The standard InChI is InChI=1S/C24H24F2N2O3/c1-4-5-11-31-21-14-18(23(29)30)22(15-9-7-6-8-10-15)17-13-20-19(12-16(17)21)27(2)24(25,26)28(20)3/h6-10,12-14H,4-5,11H2,1-3H3,(H,29,30). The highest BCUT2D eigenvalue weighted by Gasteiger charge is 2.48. The number of unbranched alkanes of at least 4 members (excludes halogenated alkanes) is 1. The second-order valence-electron chi connectivity index (χ2n) is 7.68. The average Bonchev–Trinajstić information content (AvgIpc) is 2.92. The molecule has 0 unspecified atom stereocenters. The zero-order valence-corrected chi connectivity index (χ0v) is 17.7. The molecule has 3 aromatic carbocycles. The van der Waals surface area contributed by atoms with Crippen LogP contribution < -0.4 is 14.5 Å². The third-order valence-corrected chi connectivity index (χ3v) is 5.77. The number of hydrogen-bond donors (Lipinski definition) is 1. The minimum absolute atomic E-state index is 0.0749. The Balaban J connectivity index is 2.06. The van der Waals surface area contributed by atoms with Crippen LogP contribution in [0.25, 0.3) is 21.9 Å². The number of benzene rings is 3. The number of hydrogen-bond acceptors (Lipinski definition) is 4. The van der Waals surface area contributed by atoms with Crippen molar-refractivity contribution in [2.24, 2.45) is 0 Å². The lowest BCUT2D eigenvalue weighted by Crippen LogP contribution is -2.46. The maximum Gasteiger partial charge on any atom is 0.413 e. The normalized spacial score (nSPS) is 14.7. The highest BCUT2D eigenvalue weighted by atomic mass is 19.3. The number of carbonyl (C=O) groups is 1. The molecule has 31 heavy (non-hydrogen) atoms. The Bertz CT molecular complexity index is 1150. The smallest absolute Gasteiger partial charge is 0.413 e. The molecule has 0 amide bonds. The van der Waals surface area contributed by atoms with Crippen LogP contribution in [0.3, 0.4) is 0 Å². The molecule has 0 atom stereocenters. The van der Waals surface area contributed by atoms with Crippen molar-refractivity contribution in [3.63, 3.8) is 0 Å². The summed E-state index contributed by atoms with van der Waals surface area (Å²) in [5.41, 5.74) is 1.96. The zero-order valence-electron chi connectivity index (χ0n) is 17.7. The molecule has 0 spiro atoms. The number of anilines is 2. The molecule has 0 radical (unpaired) electrons. The van der Waals surface area contributed by atoms with E-state index in [9.17, 15) is 18.7 Å². The topological polar surface area (TPSA) is 53.0 Å². The van der Waals surface area contributed by atoms with Crippen LogP contribution in [0, 0.1) is 0 Å². The van der Waals surface area contributed by atoms with Gasteiger partial charge in [-0.3, -0.25) is 9.80 Å². The van der Waals surface area contributed by atoms with Crippen LogP contribution in [0.5, 0.6) is 5.75 Å². The van der Waals surface area contributed by atoms with E-state index in [4.69, 9.17) is 4.74 Å². The molecule has 1 heterocycles. The van der Waals surface area contributed by atoms with E-state index in [0.29, 0.717) is 45.6 Å². The first-order valence-corrected chi connectivity index (χ1v) is 10.2. The van der Waals surface area contributed by atoms with Crippen molar-refractivity contribution in [3.05, 3.63) is 54.1 Å². The van der Waals surface area contributed by atoms with Crippen molar-refractivity contribution in [3.8, 4) is 16.9 Å². The SMILES string of the molecule is CCCCOc1cc(C(=O)O)c(-c2ccccc2)c2cc3c(cc12)N(C)C(F)(F)N3C. The van der Waals surface area contributed by atoms with Gasteiger partial charge in [-0.05, 0) is 35.6 Å². The first kappa shape index (κ1) is 20.9. The maximum absolute atomic E-state index is 14.7. The van der Waals surface area contributed by atoms with E-state index >= 15 is 0 Å². The van der Waals surface area contributed by atoms with Crippen LogP contribution in [0.2, 0.25) is 0 Å². The van der Waals surface area contributed by atoms with E-state index in [0.717, 1.165) is 22.6 Å². The number of carboxylic acid groups (broad SMARTS) is 1. The Morgan fingerprint density at radius 3 is 2.23 bits per heavy atom. The Hall–Kier alpha value is -3.35. The van der Waals surface area contributed by atoms with Crippen LogP contribution in [0.4, 0.5) is 20.2 Å². The first-order chi connectivity index (χ1) is 14.8. The Morgan fingerprint density at radius 2 is 1.65 bits per heavy atom. The average molecular weight is 426 g/mol. The molecular formula is C24H24F2N2O3. The van der Waals surface area contributed by atoms with Crippen molar-refractivity contribution in [1.82, 2.24) is 0 Å². The number of fused-ring (bicyclic) bond motifs is 2. The molecule has 0 bridgehead atoms. The molecule has 0 aromatic heterocycles. The number of carboxylic acids is 1. The molecule has 1 aliphatic heterocycles. The summed E-state index contributed by atoms with van der Waals surface area (Å²) in [6, 6.07) is 13.9. The highest BCUT2D eigenvalue weighted by molar-refractivity contribution is 6.12. The Kier molecular flexibility index (Phi) is 5.21. The van der Waals surface area contributed by atoms with Gasteiger partial charge >= 0.3 is 12.1 Å². The van der Waals surface area contributed by atoms with E-state index < -0.39 is 12.1 Å². The molecule has 0 aliphatic carbocycles. The summed E-state index contributed by atoms with van der Waals surface area (Å²) in [6.45, 7) is 2.45. The van der Waals surface area contributed by atoms with E-state index in [-0.39, 0.29) is 5.56 Å². The fraction of sp³-hybridized carbons (Fsp3) is 0.292. The van der Waals surface area contributed by atoms with Gasteiger partial charge in [0.05, 0.1) is 23.5 Å². The molecule has 0 saturated heterocycles. The summed E-state index contributed by atoms with van der Waals surface area (Å²) in [5.74, 6) is -0.716. The lowest BCUT2D eigenvalue weighted by Gasteiger charge is -2.26. The number of nitrogens with zero attached hydrogens (tertiary/aromatic N) is 2. The minimum atomic E-state index is -3.19. The summed E-state index contributed by atoms with van der Waals surface area (Å²) < 4.78 is 35.3. The number of rotatable bonds is 6. The summed E-state index contributed by atoms with van der Waals surface area (Å²) in [7, 11) is 2.67. The van der Waals surface area contributed by atoms with Gasteiger partial charge < -0.3 is 9.84 Å². The predicted molar refractivity (Wildman–Crippen MR) is 118 cm³/mol. The van der Waals surface area contributed by atoms with Crippen molar-refractivity contribution < 1.29 is 23.4 Å². The molecule has 4 rings (SSSR count). The minimum Gasteiger partial charge on any atom is -0.493 e. The van der Waals surface area contributed by atoms with Gasteiger partial charge in [0.25, 0.3) is 0 Å². The Labute approximate surface area is 179 Å². The predicted octanol–water partition coefficient (Wildman–Crippen LogP) is 5.82. The molecule has 162 valence electrons. The molecule has 0 saturated carbocycles. The number of alkyl halides is 2. The molecular weight excluding hydrogens is 402 g/mol. The van der Waals surface area contributed by atoms with Crippen molar-refractivity contribution in [2.75, 3.05) is 30.5 Å². The monoisotopic (exact) mass is 426 g/mol. The fourth-order valence-corrected chi connectivity index (χ4v) is 4.00. The third-order valence-electron chi connectivity index (χ3n) is 5.77. The lowest BCUT2D eigenvalue weighted by atomic mass is 9.91. The summed E-state index contributed by atoms with van der Waals surface area (Å²) in [5, 5.41) is 11.1. The molecule has 1 N–H and O–H groups in total. The van der Waals surface area contributed by atoms with Crippen LogP contribution in [-0.2, 0) is 0 Å². The van der Waals surface area contributed by atoms with Gasteiger partial charge in [0, 0.05) is 25.0 Å². The third kappa shape index (κ3) is 3.34. The summed E-state index contributed by atoms with van der Waals surface area (Å²) in [4.78, 5) is 14.0. The summed E-state index contributed by atoms with van der Waals surface area (Å²) in [6.07, 6.45) is -1.47. The summed E-state index contributed by atoms with van der Waals surface area (Å²) >= 11 is 0. The zero-order chi connectivity index (χ0) is 22.3. The number of aromatic carboxylic acids is 1.